The molecule has 0 saturated carbocycles. The first kappa shape index (κ1) is 20.4. The summed E-state index contributed by atoms with van der Waals surface area (Å²) in [6.07, 6.45) is 0.376. The van der Waals surface area contributed by atoms with Gasteiger partial charge in [-0.1, -0.05) is 64.8 Å². The second kappa shape index (κ2) is 7.93. The molecule has 0 bridgehead atoms. The number of nitrogens with one attached hydrogen (secondary N) is 1. The van der Waals surface area contributed by atoms with Crippen molar-refractivity contribution in [2.24, 2.45) is 0 Å². The Balaban J connectivity index is 1.83. The lowest BCUT2D eigenvalue weighted by Crippen LogP contribution is -2.45. The molecule has 4 amide bonds. The van der Waals surface area contributed by atoms with Crippen molar-refractivity contribution < 1.29 is 14.4 Å². The number of imide groups is 1. The molecule has 2 aromatic rings. The summed E-state index contributed by atoms with van der Waals surface area (Å²) in [4.78, 5) is 40.7. The lowest BCUT2D eigenvalue weighted by Gasteiger charge is -2.26. The fraction of sp³-hybridized carbons (Fsp3) is 0.250. The number of halogens is 2. The van der Waals surface area contributed by atoms with Crippen molar-refractivity contribution >= 4 is 51.1 Å². The Bertz CT molecular complexity index is 938. The fourth-order valence-corrected chi connectivity index (χ4v) is 4.06. The molecule has 1 atom stereocenters. The average Bonchev–Trinajstić information content (AvgIpc) is 2.93. The standard InChI is InChI=1S/C20H19BrClN3O3/c1-3-20(13-7-5-4-6-8-13)18(27)25(19(28)23-20)12-17(26)24(2)16-10-9-14(21)11-15(16)22/h4-11H,3,12H2,1-2H3,(H,23,28). The van der Waals surface area contributed by atoms with E-state index >= 15 is 0 Å². The molecule has 0 radical (unpaired) electrons. The molecule has 1 aliphatic rings. The molecule has 0 aliphatic carbocycles. The first-order valence-electron chi connectivity index (χ1n) is 8.71. The SMILES string of the molecule is CCC1(c2ccccc2)NC(=O)N(CC(=O)N(C)c2ccc(Br)cc2Cl)C1=O. The van der Waals surface area contributed by atoms with Crippen LogP contribution in [0.15, 0.2) is 53.0 Å². The molecule has 0 aromatic heterocycles. The van der Waals surface area contributed by atoms with Crippen LogP contribution in [0.1, 0.15) is 18.9 Å². The molecule has 1 aliphatic heterocycles. The summed E-state index contributed by atoms with van der Waals surface area (Å²) in [6, 6.07) is 13.6. The van der Waals surface area contributed by atoms with E-state index in [4.69, 9.17) is 11.6 Å². The molecule has 28 heavy (non-hydrogen) atoms. The monoisotopic (exact) mass is 463 g/mol. The van der Waals surface area contributed by atoms with Crippen molar-refractivity contribution in [2.45, 2.75) is 18.9 Å². The van der Waals surface area contributed by atoms with Crippen LogP contribution < -0.4 is 10.2 Å². The van der Waals surface area contributed by atoms with Crippen LogP contribution in [0.5, 0.6) is 0 Å². The van der Waals surface area contributed by atoms with Crippen LogP contribution in [0.4, 0.5) is 10.5 Å². The average molecular weight is 465 g/mol. The fourth-order valence-electron chi connectivity index (χ4n) is 3.26. The number of urea groups is 1. The quantitative estimate of drug-likeness (QED) is 0.682. The summed E-state index contributed by atoms with van der Waals surface area (Å²) in [5.41, 5.74) is 0.0220. The molecule has 146 valence electrons. The van der Waals surface area contributed by atoms with E-state index in [1.165, 1.54) is 4.90 Å². The highest BCUT2D eigenvalue weighted by Gasteiger charge is 2.51. The molecule has 3 rings (SSSR count). The number of hydrogen-bond donors (Lipinski definition) is 1. The van der Waals surface area contributed by atoms with Crippen molar-refractivity contribution in [3.05, 3.63) is 63.6 Å². The van der Waals surface area contributed by atoms with Gasteiger partial charge in [-0.05, 0) is 30.2 Å². The van der Waals surface area contributed by atoms with Crippen LogP contribution in [-0.2, 0) is 15.1 Å². The van der Waals surface area contributed by atoms with Crippen molar-refractivity contribution in [1.29, 1.82) is 0 Å². The van der Waals surface area contributed by atoms with E-state index in [-0.39, 0.29) is 6.54 Å². The Morgan fingerprint density at radius 3 is 2.50 bits per heavy atom. The number of benzene rings is 2. The van der Waals surface area contributed by atoms with E-state index in [2.05, 4.69) is 21.2 Å². The number of likely N-dealkylation sites (N-methyl/N-ethyl adjacent to an activating group) is 1. The molecule has 1 unspecified atom stereocenters. The summed E-state index contributed by atoms with van der Waals surface area (Å²) in [5, 5.41) is 3.15. The van der Waals surface area contributed by atoms with E-state index < -0.39 is 23.4 Å². The Morgan fingerprint density at radius 1 is 1.21 bits per heavy atom. The minimum atomic E-state index is -1.16. The maximum absolute atomic E-state index is 13.1. The normalized spacial score (nSPS) is 18.9. The number of rotatable bonds is 5. The first-order valence-corrected chi connectivity index (χ1v) is 9.88. The van der Waals surface area contributed by atoms with E-state index in [9.17, 15) is 14.4 Å². The number of amides is 4. The minimum absolute atomic E-state index is 0.373. The van der Waals surface area contributed by atoms with Crippen LogP contribution >= 0.6 is 27.5 Å². The van der Waals surface area contributed by atoms with Crippen molar-refractivity contribution in [3.63, 3.8) is 0 Å². The summed E-state index contributed by atoms with van der Waals surface area (Å²) in [6.45, 7) is 1.45. The molecule has 2 aromatic carbocycles. The van der Waals surface area contributed by atoms with Crippen LogP contribution in [0.25, 0.3) is 0 Å². The maximum Gasteiger partial charge on any atom is 0.325 e. The van der Waals surface area contributed by atoms with Crippen molar-refractivity contribution in [1.82, 2.24) is 10.2 Å². The van der Waals surface area contributed by atoms with Gasteiger partial charge in [0.15, 0.2) is 0 Å². The lowest BCUT2D eigenvalue weighted by atomic mass is 9.87. The third-order valence-electron chi connectivity index (χ3n) is 4.91. The number of anilines is 1. The van der Waals surface area contributed by atoms with Crippen LogP contribution in [0, 0.1) is 0 Å². The van der Waals surface area contributed by atoms with Gasteiger partial charge in [-0.3, -0.25) is 14.5 Å². The van der Waals surface area contributed by atoms with Gasteiger partial charge in [0.25, 0.3) is 5.91 Å². The van der Waals surface area contributed by atoms with Gasteiger partial charge in [0.1, 0.15) is 12.1 Å². The van der Waals surface area contributed by atoms with Gasteiger partial charge >= 0.3 is 6.03 Å². The molecule has 1 N–H and O–H groups in total. The molecule has 8 heteroatoms. The third-order valence-corrected chi connectivity index (χ3v) is 5.71. The molecular formula is C20H19BrClN3O3. The second-order valence-electron chi connectivity index (χ2n) is 6.49. The topological polar surface area (TPSA) is 69.7 Å². The van der Waals surface area contributed by atoms with Gasteiger partial charge in [0.2, 0.25) is 5.91 Å². The molecule has 6 nitrogen and oxygen atoms in total. The summed E-state index contributed by atoms with van der Waals surface area (Å²) in [5.74, 6) is -0.859. The zero-order valence-electron chi connectivity index (χ0n) is 15.4. The first-order chi connectivity index (χ1) is 13.3. The summed E-state index contributed by atoms with van der Waals surface area (Å²) in [7, 11) is 1.56. The van der Waals surface area contributed by atoms with Gasteiger partial charge in [0.05, 0.1) is 10.7 Å². The molecule has 1 saturated heterocycles. The molecule has 1 heterocycles. The van der Waals surface area contributed by atoms with E-state index in [0.717, 1.165) is 9.37 Å². The van der Waals surface area contributed by atoms with E-state index in [1.807, 2.05) is 25.1 Å². The summed E-state index contributed by atoms with van der Waals surface area (Å²) < 4.78 is 0.784. The lowest BCUT2D eigenvalue weighted by molar-refractivity contribution is -0.134. The van der Waals surface area contributed by atoms with Crippen molar-refractivity contribution in [3.8, 4) is 0 Å². The highest BCUT2D eigenvalue weighted by atomic mass is 79.9. The third kappa shape index (κ3) is 3.52. The predicted octanol–water partition coefficient (Wildman–Crippen LogP) is 3.92. The smallest absolute Gasteiger partial charge is 0.319 e. The van der Waals surface area contributed by atoms with Crippen LogP contribution in [-0.4, -0.2) is 36.3 Å². The van der Waals surface area contributed by atoms with Gasteiger partial charge in [0, 0.05) is 11.5 Å². The van der Waals surface area contributed by atoms with E-state index in [1.54, 1.807) is 37.4 Å². The Labute approximate surface area is 176 Å². The Kier molecular flexibility index (Phi) is 5.76. The highest BCUT2D eigenvalue weighted by Crippen LogP contribution is 2.33. The van der Waals surface area contributed by atoms with Gasteiger partial charge in [-0.25, -0.2) is 4.79 Å². The van der Waals surface area contributed by atoms with E-state index in [0.29, 0.717) is 22.7 Å². The second-order valence-corrected chi connectivity index (χ2v) is 7.82. The number of carbonyl (C=O) groups excluding carboxylic acids is 3. The minimum Gasteiger partial charge on any atom is -0.319 e. The van der Waals surface area contributed by atoms with Crippen molar-refractivity contribution in [2.75, 3.05) is 18.5 Å². The van der Waals surface area contributed by atoms with Crippen LogP contribution in [0.2, 0.25) is 5.02 Å². The van der Waals surface area contributed by atoms with Gasteiger partial charge in [-0.15, -0.1) is 0 Å². The highest BCUT2D eigenvalue weighted by molar-refractivity contribution is 9.10. The Morgan fingerprint density at radius 2 is 1.89 bits per heavy atom. The number of hydrogen-bond acceptors (Lipinski definition) is 3. The zero-order valence-corrected chi connectivity index (χ0v) is 17.8. The number of nitrogens with zero attached hydrogens (tertiary/aromatic N) is 2. The largest absolute Gasteiger partial charge is 0.325 e. The zero-order chi connectivity index (χ0) is 20.5. The molecule has 0 spiro atoms. The predicted molar refractivity (Wildman–Crippen MR) is 111 cm³/mol. The maximum atomic E-state index is 13.1. The van der Waals surface area contributed by atoms with Gasteiger partial charge in [-0.2, -0.15) is 0 Å². The molecule has 1 fully saturated rings. The van der Waals surface area contributed by atoms with Gasteiger partial charge < -0.3 is 10.2 Å². The van der Waals surface area contributed by atoms with Crippen LogP contribution in [0.3, 0.4) is 0 Å². The molecular weight excluding hydrogens is 446 g/mol. The summed E-state index contributed by atoms with van der Waals surface area (Å²) >= 11 is 9.52. The Hall–Kier alpha value is -2.38. The number of carbonyl (C=O) groups is 3.